The van der Waals surface area contributed by atoms with E-state index in [4.69, 9.17) is 0 Å². The van der Waals surface area contributed by atoms with Crippen LogP contribution >= 0.6 is 0 Å². The molecule has 2 nitrogen and oxygen atoms in total. The zero-order valence-corrected chi connectivity index (χ0v) is 8.67. The summed E-state index contributed by atoms with van der Waals surface area (Å²) in [6.07, 6.45) is 7.36. The third kappa shape index (κ3) is 1.54. The quantitative estimate of drug-likeness (QED) is 0.610. The Hall–Kier alpha value is -2.22. The molecule has 0 saturated carbocycles. The second kappa shape index (κ2) is 3.74. The minimum Gasteiger partial charge on any atom is -0.264 e. The Morgan fingerprint density at radius 1 is 0.688 bits per heavy atom. The lowest BCUT2D eigenvalue weighted by Crippen LogP contribution is -1.80. The molecule has 1 aromatic carbocycles. The Morgan fingerprint density at radius 2 is 1.62 bits per heavy atom. The smallest absolute Gasteiger partial charge is 0.0346 e. The van der Waals surface area contributed by atoms with Gasteiger partial charge in [-0.1, -0.05) is 18.2 Å². The lowest BCUT2D eigenvalue weighted by atomic mass is 10.0. The van der Waals surface area contributed by atoms with E-state index in [0.717, 1.165) is 10.9 Å². The van der Waals surface area contributed by atoms with Crippen LogP contribution in [0.5, 0.6) is 0 Å². The second-order valence-corrected chi connectivity index (χ2v) is 3.68. The van der Waals surface area contributed by atoms with E-state index in [0.29, 0.717) is 0 Å². The molecule has 2 aromatic heterocycles. The summed E-state index contributed by atoms with van der Waals surface area (Å²) in [5.74, 6) is 0. The van der Waals surface area contributed by atoms with Crippen LogP contribution in [0.1, 0.15) is 0 Å². The van der Waals surface area contributed by atoms with Crippen LogP contribution in [-0.2, 0) is 0 Å². The topological polar surface area (TPSA) is 25.8 Å². The van der Waals surface area contributed by atoms with Gasteiger partial charge in [0.1, 0.15) is 0 Å². The lowest BCUT2D eigenvalue weighted by Gasteiger charge is -2.02. The number of nitrogens with zero attached hydrogens (tertiary/aromatic N) is 2. The van der Waals surface area contributed by atoms with Crippen LogP contribution in [-0.4, -0.2) is 9.97 Å². The van der Waals surface area contributed by atoms with Gasteiger partial charge < -0.3 is 0 Å². The van der Waals surface area contributed by atoms with Gasteiger partial charge >= 0.3 is 0 Å². The summed E-state index contributed by atoms with van der Waals surface area (Å²) >= 11 is 0. The molecule has 0 radical (unpaired) electrons. The highest BCUT2D eigenvalue weighted by Crippen LogP contribution is 2.22. The highest BCUT2D eigenvalue weighted by atomic mass is 14.6. The minimum absolute atomic E-state index is 1.14. The van der Waals surface area contributed by atoms with Gasteiger partial charge in [0.15, 0.2) is 0 Å². The predicted octanol–water partition coefficient (Wildman–Crippen LogP) is 3.30. The molecule has 0 atom stereocenters. The summed E-state index contributed by atoms with van der Waals surface area (Å²) in [6.45, 7) is 0. The van der Waals surface area contributed by atoms with Crippen LogP contribution in [0.25, 0.3) is 21.9 Å². The molecule has 3 rings (SSSR count). The molecule has 0 amide bonds. The van der Waals surface area contributed by atoms with Crippen LogP contribution < -0.4 is 0 Å². The number of benzene rings is 1. The normalized spacial score (nSPS) is 10.5. The van der Waals surface area contributed by atoms with E-state index < -0.39 is 0 Å². The molecular weight excluding hydrogens is 196 g/mol. The molecule has 16 heavy (non-hydrogen) atoms. The Labute approximate surface area is 93.6 Å². The molecular formula is C14H10N2. The SMILES string of the molecule is c1cncc(-c2ccc3cnccc3c2)c1. The van der Waals surface area contributed by atoms with Gasteiger partial charge in [-0.3, -0.25) is 9.97 Å². The molecule has 0 aliphatic heterocycles. The maximum absolute atomic E-state index is 4.13. The first-order valence-electron chi connectivity index (χ1n) is 5.18. The van der Waals surface area contributed by atoms with Crippen molar-refractivity contribution in [3.8, 4) is 11.1 Å². The van der Waals surface area contributed by atoms with Crippen molar-refractivity contribution in [1.29, 1.82) is 0 Å². The van der Waals surface area contributed by atoms with E-state index >= 15 is 0 Å². The molecule has 0 N–H and O–H groups in total. The minimum atomic E-state index is 1.14. The maximum atomic E-state index is 4.13. The fourth-order valence-electron chi connectivity index (χ4n) is 1.80. The summed E-state index contributed by atoms with van der Waals surface area (Å²) in [7, 11) is 0. The summed E-state index contributed by atoms with van der Waals surface area (Å²) in [4.78, 5) is 8.23. The van der Waals surface area contributed by atoms with Gasteiger partial charge in [-0.15, -0.1) is 0 Å². The first kappa shape index (κ1) is 9.04. The van der Waals surface area contributed by atoms with Crippen molar-refractivity contribution < 1.29 is 0 Å². The lowest BCUT2D eigenvalue weighted by molar-refractivity contribution is 1.33. The fourth-order valence-corrected chi connectivity index (χ4v) is 1.80. The van der Waals surface area contributed by atoms with Crippen molar-refractivity contribution in [2.24, 2.45) is 0 Å². The predicted molar refractivity (Wildman–Crippen MR) is 65.0 cm³/mol. The Kier molecular flexibility index (Phi) is 2.11. The average Bonchev–Trinajstić information content (AvgIpc) is 2.39. The molecule has 0 unspecified atom stereocenters. The summed E-state index contributed by atoms with van der Waals surface area (Å²) in [5, 5.41) is 2.37. The van der Waals surface area contributed by atoms with Gasteiger partial charge in [0.2, 0.25) is 0 Å². The van der Waals surface area contributed by atoms with E-state index in [1.165, 1.54) is 10.9 Å². The van der Waals surface area contributed by atoms with Crippen LogP contribution in [0.3, 0.4) is 0 Å². The Bertz CT molecular complexity index is 618. The molecule has 0 fully saturated rings. The van der Waals surface area contributed by atoms with Crippen molar-refractivity contribution in [2.75, 3.05) is 0 Å². The largest absolute Gasteiger partial charge is 0.264 e. The molecule has 76 valence electrons. The van der Waals surface area contributed by atoms with Crippen molar-refractivity contribution in [3.63, 3.8) is 0 Å². The first-order chi connectivity index (χ1) is 7.93. The number of fused-ring (bicyclic) bond motifs is 1. The Morgan fingerprint density at radius 3 is 2.50 bits per heavy atom. The second-order valence-electron chi connectivity index (χ2n) is 3.68. The standard InChI is InChI=1S/C14H10N2/c1-2-13(9-15-6-1)11-3-4-14-10-16-7-5-12(14)8-11/h1-10H. The fraction of sp³-hybridized carbons (Fsp3) is 0. The van der Waals surface area contributed by atoms with Crippen molar-refractivity contribution in [3.05, 3.63) is 61.2 Å². The number of aromatic nitrogens is 2. The molecule has 0 bridgehead atoms. The van der Waals surface area contributed by atoms with Crippen molar-refractivity contribution in [1.82, 2.24) is 9.97 Å². The molecule has 0 aliphatic rings. The van der Waals surface area contributed by atoms with E-state index in [1.807, 2.05) is 30.7 Å². The van der Waals surface area contributed by atoms with Crippen LogP contribution in [0.2, 0.25) is 0 Å². The number of pyridine rings is 2. The van der Waals surface area contributed by atoms with Crippen LogP contribution in [0.4, 0.5) is 0 Å². The molecule has 3 aromatic rings. The summed E-state index contributed by atoms with van der Waals surface area (Å²) < 4.78 is 0. The van der Waals surface area contributed by atoms with Crippen LogP contribution in [0, 0.1) is 0 Å². The Balaban J connectivity index is 2.19. The van der Waals surface area contributed by atoms with E-state index in [-0.39, 0.29) is 0 Å². The van der Waals surface area contributed by atoms with Gasteiger partial charge in [-0.2, -0.15) is 0 Å². The van der Waals surface area contributed by atoms with Gasteiger partial charge in [0.05, 0.1) is 0 Å². The van der Waals surface area contributed by atoms with Crippen molar-refractivity contribution in [2.45, 2.75) is 0 Å². The van der Waals surface area contributed by atoms with E-state index in [9.17, 15) is 0 Å². The molecule has 2 heteroatoms. The zero-order valence-electron chi connectivity index (χ0n) is 8.67. The molecule has 0 saturated heterocycles. The zero-order chi connectivity index (χ0) is 10.8. The molecule has 0 spiro atoms. The van der Waals surface area contributed by atoms with E-state index in [2.05, 4.69) is 34.2 Å². The molecule has 0 aliphatic carbocycles. The maximum Gasteiger partial charge on any atom is 0.0346 e. The van der Waals surface area contributed by atoms with Gasteiger partial charge in [0, 0.05) is 35.7 Å². The highest BCUT2D eigenvalue weighted by Gasteiger charge is 1.98. The highest BCUT2D eigenvalue weighted by molar-refractivity contribution is 5.86. The summed E-state index contributed by atoms with van der Waals surface area (Å²) in [6, 6.07) is 12.4. The monoisotopic (exact) mass is 206 g/mol. The van der Waals surface area contributed by atoms with E-state index in [1.54, 1.807) is 6.20 Å². The molecule has 2 heterocycles. The summed E-state index contributed by atoms with van der Waals surface area (Å²) in [5.41, 5.74) is 2.33. The van der Waals surface area contributed by atoms with Crippen molar-refractivity contribution >= 4 is 10.8 Å². The number of hydrogen-bond donors (Lipinski definition) is 0. The first-order valence-corrected chi connectivity index (χ1v) is 5.18. The van der Waals surface area contributed by atoms with Gasteiger partial charge in [-0.05, 0) is 29.1 Å². The third-order valence-electron chi connectivity index (χ3n) is 2.64. The average molecular weight is 206 g/mol. The van der Waals surface area contributed by atoms with Gasteiger partial charge in [0.25, 0.3) is 0 Å². The van der Waals surface area contributed by atoms with Gasteiger partial charge in [-0.25, -0.2) is 0 Å². The number of hydrogen-bond acceptors (Lipinski definition) is 2. The third-order valence-corrected chi connectivity index (χ3v) is 2.64. The number of rotatable bonds is 1. The van der Waals surface area contributed by atoms with Crippen LogP contribution in [0.15, 0.2) is 61.2 Å².